The van der Waals surface area contributed by atoms with Crippen molar-refractivity contribution in [1.29, 1.82) is 0 Å². The number of amides is 2. The summed E-state index contributed by atoms with van der Waals surface area (Å²) in [6.07, 6.45) is 2.66. The smallest absolute Gasteiger partial charge is 0.319 e. The molecule has 2 heterocycles. The third-order valence-corrected chi connectivity index (χ3v) is 3.49. The van der Waals surface area contributed by atoms with Gasteiger partial charge >= 0.3 is 6.03 Å². The van der Waals surface area contributed by atoms with Crippen LogP contribution in [-0.2, 0) is 24.3 Å². The van der Waals surface area contributed by atoms with Crippen molar-refractivity contribution in [2.24, 2.45) is 0 Å². The molecule has 0 bridgehead atoms. The molecular weight excluding hydrogens is 287 g/mol. The molecule has 0 radical (unpaired) electrons. The van der Waals surface area contributed by atoms with Crippen molar-refractivity contribution in [3.05, 3.63) is 47.5 Å². The monoisotopic (exact) mass is 304 g/mol. The lowest BCUT2D eigenvalue weighted by Gasteiger charge is -2.15. The molecule has 0 fully saturated rings. The lowest BCUT2D eigenvalue weighted by molar-refractivity contribution is 0.109. The topological polar surface area (TPSA) is 68.2 Å². The van der Waals surface area contributed by atoms with E-state index in [1.807, 2.05) is 10.9 Å². The Balaban J connectivity index is 1.47. The van der Waals surface area contributed by atoms with E-state index in [0.717, 1.165) is 12.0 Å². The van der Waals surface area contributed by atoms with Crippen LogP contribution >= 0.6 is 0 Å². The van der Waals surface area contributed by atoms with Crippen molar-refractivity contribution in [2.45, 2.75) is 19.6 Å². The summed E-state index contributed by atoms with van der Waals surface area (Å²) in [6.45, 7) is 2.37. The van der Waals surface area contributed by atoms with Gasteiger partial charge in [0, 0.05) is 29.9 Å². The molecule has 2 N–H and O–H groups in total. The molecule has 1 aromatic carbocycles. The van der Waals surface area contributed by atoms with Crippen molar-refractivity contribution in [2.75, 3.05) is 18.5 Å². The average molecular weight is 304 g/mol. The van der Waals surface area contributed by atoms with E-state index >= 15 is 0 Å². The Morgan fingerprint density at radius 1 is 1.36 bits per heavy atom. The number of ether oxygens (including phenoxy) is 1. The summed E-state index contributed by atoms with van der Waals surface area (Å²) in [5.74, 6) is -0.335. The Kier molecular flexibility index (Phi) is 4.34. The summed E-state index contributed by atoms with van der Waals surface area (Å²) in [4.78, 5) is 11.7. The molecule has 0 saturated heterocycles. The van der Waals surface area contributed by atoms with Gasteiger partial charge in [-0.1, -0.05) is 0 Å². The second-order valence-electron chi connectivity index (χ2n) is 5.03. The number of benzene rings is 1. The van der Waals surface area contributed by atoms with Crippen molar-refractivity contribution in [3.8, 4) is 0 Å². The molecule has 0 spiro atoms. The fourth-order valence-electron chi connectivity index (χ4n) is 2.39. The quantitative estimate of drug-likeness (QED) is 0.906. The van der Waals surface area contributed by atoms with Crippen molar-refractivity contribution in [1.82, 2.24) is 15.1 Å². The maximum absolute atomic E-state index is 12.8. The minimum Gasteiger partial charge on any atom is -0.376 e. The lowest BCUT2D eigenvalue weighted by Crippen LogP contribution is -2.32. The van der Waals surface area contributed by atoms with Crippen molar-refractivity contribution < 1.29 is 13.9 Å². The van der Waals surface area contributed by atoms with Crippen LogP contribution in [0.1, 0.15) is 11.3 Å². The van der Waals surface area contributed by atoms with Gasteiger partial charge in [-0.25, -0.2) is 9.18 Å². The molecule has 2 amide bonds. The molecular formula is C15H17FN4O2. The predicted octanol–water partition coefficient (Wildman–Crippen LogP) is 1.92. The summed E-state index contributed by atoms with van der Waals surface area (Å²) in [5.41, 5.74) is 2.83. The number of nitrogens with one attached hydrogen (secondary N) is 2. The Hall–Kier alpha value is -2.41. The van der Waals surface area contributed by atoms with E-state index in [0.29, 0.717) is 32.0 Å². The van der Waals surface area contributed by atoms with Gasteiger partial charge in [-0.2, -0.15) is 5.10 Å². The number of rotatable bonds is 4. The molecule has 1 aromatic heterocycles. The van der Waals surface area contributed by atoms with Gasteiger partial charge in [0.2, 0.25) is 0 Å². The van der Waals surface area contributed by atoms with E-state index in [2.05, 4.69) is 15.7 Å². The van der Waals surface area contributed by atoms with Gasteiger partial charge < -0.3 is 15.4 Å². The van der Waals surface area contributed by atoms with Gasteiger partial charge in [0.25, 0.3) is 0 Å². The maximum Gasteiger partial charge on any atom is 0.319 e. The highest BCUT2D eigenvalue weighted by molar-refractivity contribution is 5.89. The van der Waals surface area contributed by atoms with E-state index in [1.165, 1.54) is 30.0 Å². The third-order valence-electron chi connectivity index (χ3n) is 3.49. The van der Waals surface area contributed by atoms with Crippen LogP contribution in [0.25, 0.3) is 0 Å². The second kappa shape index (κ2) is 6.57. The zero-order valence-corrected chi connectivity index (χ0v) is 12.0. The first-order valence-electron chi connectivity index (χ1n) is 7.14. The first-order chi connectivity index (χ1) is 10.7. The number of hydrogen-bond donors (Lipinski definition) is 2. The predicted molar refractivity (Wildman–Crippen MR) is 79.0 cm³/mol. The second-order valence-corrected chi connectivity index (χ2v) is 5.03. The fraction of sp³-hybridized carbons (Fsp3) is 0.333. The van der Waals surface area contributed by atoms with Crippen molar-refractivity contribution >= 4 is 11.7 Å². The van der Waals surface area contributed by atoms with Gasteiger partial charge in [0.1, 0.15) is 5.82 Å². The van der Waals surface area contributed by atoms with Gasteiger partial charge in [0.05, 0.1) is 26.0 Å². The Morgan fingerprint density at radius 3 is 3.00 bits per heavy atom. The largest absolute Gasteiger partial charge is 0.376 e. The van der Waals surface area contributed by atoms with E-state index < -0.39 is 0 Å². The number of hydrogen-bond acceptors (Lipinski definition) is 3. The first-order valence-corrected chi connectivity index (χ1v) is 7.14. The van der Waals surface area contributed by atoms with Crippen LogP contribution in [0.2, 0.25) is 0 Å². The van der Waals surface area contributed by atoms with Crippen LogP contribution in [-0.4, -0.2) is 29.0 Å². The number of urea groups is 1. The molecule has 22 heavy (non-hydrogen) atoms. The third kappa shape index (κ3) is 3.43. The SMILES string of the molecule is O=C(NCCn1ncc2c1CCOC2)Nc1ccc(F)cc1. The highest BCUT2D eigenvalue weighted by Gasteiger charge is 2.15. The Morgan fingerprint density at radius 2 is 2.18 bits per heavy atom. The molecule has 7 heteroatoms. The molecule has 0 aliphatic carbocycles. The van der Waals surface area contributed by atoms with Gasteiger partial charge in [-0.15, -0.1) is 0 Å². The number of fused-ring (bicyclic) bond motifs is 1. The molecule has 1 aliphatic heterocycles. The summed E-state index contributed by atoms with van der Waals surface area (Å²) in [7, 11) is 0. The van der Waals surface area contributed by atoms with Crippen LogP contribution in [0, 0.1) is 5.82 Å². The highest BCUT2D eigenvalue weighted by atomic mass is 19.1. The number of nitrogens with zero attached hydrogens (tertiary/aromatic N) is 2. The molecule has 0 unspecified atom stereocenters. The number of anilines is 1. The summed E-state index contributed by atoms with van der Waals surface area (Å²) >= 11 is 0. The molecule has 116 valence electrons. The van der Waals surface area contributed by atoms with Crippen LogP contribution in [0.15, 0.2) is 30.5 Å². The Labute approximate surface area is 127 Å². The number of carbonyl (C=O) groups excluding carboxylic acids is 1. The zero-order chi connectivity index (χ0) is 15.4. The molecule has 3 rings (SSSR count). The summed E-state index contributed by atoms with van der Waals surface area (Å²) in [6, 6.07) is 5.30. The minimum absolute atomic E-state index is 0.323. The lowest BCUT2D eigenvalue weighted by atomic mass is 10.2. The van der Waals surface area contributed by atoms with Crippen LogP contribution in [0.3, 0.4) is 0 Å². The molecule has 0 atom stereocenters. The van der Waals surface area contributed by atoms with E-state index in [-0.39, 0.29) is 11.8 Å². The highest BCUT2D eigenvalue weighted by Crippen LogP contribution is 2.15. The van der Waals surface area contributed by atoms with E-state index in [4.69, 9.17) is 4.74 Å². The van der Waals surface area contributed by atoms with Gasteiger partial charge in [-0.05, 0) is 24.3 Å². The number of halogens is 1. The fourth-order valence-corrected chi connectivity index (χ4v) is 2.39. The minimum atomic E-state index is -0.335. The van der Waals surface area contributed by atoms with E-state index in [1.54, 1.807) is 0 Å². The molecule has 6 nitrogen and oxygen atoms in total. The normalized spacial score (nSPS) is 13.5. The van der Waals surface area contributed by atoms with E-state index in [9.17, 15) is 9.18 Å². The van der Waals surface area contributed by atoms with Crippen molar-refractivity contribution in [3.63, 3.8) is 0 Å². The average Bonchev–Trinajstić information content (AvgIpc) is 2.93. The zero-order valence-electron chi connectivity index (χ0n) is 12.0. The van der Waals surface area contributed by atoms with Gasteiger partial charge in [0.15, 0.2) is 0 Å². The Bertz CT molecular complexity index is 654. The molecule has 2 aromatic rings. The van der Waals surface area contributed by atoms with Crippen LogP contribution in [0.5, 0.6) is 0 Å². The molecule has 0 saturated carbocycles. The van der Waals surface area contributed by atoms with Gasteiger partial charge in [-0.3, -0.25) is 4.68 Å². The summed E-state index contributed by atoms with van der Waals surface area (Å²) < 4.78 is 20.0. The number of carbonyl (C=O) groups is 1. The summed E-state index contributed by atoms with van der Waals surface area (Å²) in [5, 5.41) is 9.71. The standard InChI is InChI=1S/C15H17FN4O2/c16-12-1-3-13(4-2-12)19-15(21)17-6-7-20-14-5-8-22-10-11(14)9-18-20/h1-4,9H,5-8,10H2,(H2,17,19,21). The van der Waals surface area contributed by atoms with Crippen LogP contribution < -0.4 is 10.6 Å². The number of aromatic nitrogens is 2. The molecule has 1 aliphatic rings. The first kappa shape index (κ1) is 14.5. The van der Waals surface area contributed by atoms with Crippen LogP contribution in [0.4, 0.5) is 14.9 Å². The maximum atomic E-state index is 12.8.